The fourth-order valence-corrected chi connectivity index (χ4v) is 2.27. The normalized spacial score (nSPS) is 16.9. The summed E-state index contributed by atoms with van der Waals surface area (Å²) in [5.74, 6) is -0.440. The molecule has 2 nitrogen and oxygen atoms in total. The van der Waals surface area contributed by atoms with E-state index in [2.05, 4.69) is 5.32 Å². The Labute approximate surface area is 107 Å². The monoisotopic (exact) mass is 247 g/mol. The summed E-state index contributed by atoms with van der Waals surface area (Å²) >= 11 is 0. The van der Waals surface area contributed by atoms with E-state index < -0.39 is 0 Å². The molecule has 0 bridgehead atoms. The van der Waals surface area contributed by atoms with Crippen molar-refractivity contribution in [1.82, 2.24) is 5.32 Å². The highest BCUT2D eigenvalue weighted by atomic mass is 19.1. The Morgan fingerprint density at radius 3 is 2.67 bits per heavy atom. The Morgan fingerprint density at radius 1 is 1.22 bits per heavy atom. The quantitative estimate of drug-likeness (QED) is 0.816. The molecule has 2 rings (SSSR count). The van der Waals surface area contributed by atoms with Crippen LogP contribution in [0.2, 0.25) is 0 Å². The molecule has 0 aliphatic heterocycles. The van der Waals surface area contributed by atoms with Gasteiger partial charge in [0.25, 0.3) is 0 Å². The average Bonchev–Trinajstić information content (AvgIpc) is 2.39. The van der Waals surface area contributed by atoms with Gasteiger partial charge in [-0.3, -0.25) is 4.79 Å². The summed E-state index contributed by atoms with van der Waals surface area (Å²) < 4.78 is 13.3. The Hall–Kier alpha value is -1.64. The molecule has 0 radical (unpaired) electrons. The molecule has 1 saturated carbocycles. The van der Waals surface area contributed by atoms with Crippen molar-refractivity contribution >= 4 is 12.0 Å². The fraction of sp³-hybridized carbons (Fsp3) is 0.400. The van der Waals surface area contributed by atoms with Crippen LogP contribution in [0.1, 0.15) is 37.7 Å². The van der Waals surface area contributed by atoms with Crippen LogP contribution in [0, 0.1) is 5.82 Å². The molecule has 0 saturated heterocycles. The first-order valence-electron chi connectivity index (χ1n) is 6.49. The lowest BCUT2D eigenvalue weighted by Gasteiger charge is -2.21. The molecular weight excluding hydrogens is 229 g/mol. The van der Waals surface area contributed by atoms with Crippen LogP contribution < -0.4 is 5.32 Å². The lowest BCUT2D eigenvalue weighted by atomic mass is 9.95. The molecule has 1 aliphatic carbocycles. The van der Waals surface area contributed by atoms with Gasteiger partial charge in [0.05, 0.1) is 0 Å². The zero-order valence-corrected chi connectivity index (χ0v) is 10.4. The van der Waals surface area contributed by atoms with Crippen molar-refractivity contribution in [1.29, 1.82) is 0 Å². The summed E-state index contributed by atoms with van der Waals surface area (Å²) in [5.41, 5.74) is 0.441. The van der Waals surface area contributed by atoms with Gasteiger partial charge < -0.3 is 5.32 Å². The zero-order chi connectivity index (χ0) is 12.8. The van der Waals surface area contributed by atoms with E-state index in [1.54, 1.807) is 18.2 Å². The number of rotatable bonds is 3. The average molecular weight is 247 g/mol. The van der Waals surface area contributed by atoms with Crippen molar-refractivity contribution in [3.05, 3.63) is 41.7 Å². The Bertz CT molecular complexity index is 436. The second-order valence-electron chi connectivity index (χ2n) is 4.70. The van der Waals surface area contributed by atoms with Gasteiger partial charge in [0, 0.05) is 17.7 Å². The molecule has 0 atom stereocenters. The van der Waals surface area contributed by atoms with Gasteiger partial charge in [-0.25, -0.2) is 4.39 Å². The minimum Gasteiger partial charge on any atom is -0.350 e. The van der Waals surface area contributed by atoms with Gasteiger partial charge >= 0.3 is 0 Å². The molecule has 1 amide bonds. The van der Waals surface area contributed by atoms with E-state index in [4.69, 9.17) is 0 Å². The predicted octanol–water partition coefficient (Wildman–Crippen LogP) is 3.29. The highest BCUT2D eigenvalue weighted by Crippen LogP contribution is 2.17. The number of nitrogens with one attached hydrogen (secondary N) is 1. The van der Waals surface area contributed by atoms with E-state index in [0.29, 0.717) is 5.56 Å². The van der Waals surface area contributed by atoms with E-state index in [0.717, 1.165) is 12.8 Å². The molecule has 0 aromatic heterocycles. The number of hydrogen-bond donors (Lipinski definition) is 1. The number of benzene rings is 1. The molecule has 1 N–H and O–H groups in total. The van der Waals surface area contributed by atoms with Crippen LogP contribution in [0.5, 0.6) is 0 Å². The van der Waals surface area contributed by atoms with Gasteiger partial charge in [0.15, 0.2) is 0 Å². The van der Waals surface area contributed by atoms with Crippen molar-refractivity contribution in [3.8, 4) is 0 Å². The van der Waals surface area contributed by atoms with Crippen LogP contribution in [-0.2, 0) is 4.79 Å². The molecule has 1 fully saturated rings. The van der Waals surface area contributed by atoms with Crippen LogP contribution in [0.3, 0.4) is 0 Å². The molecule has 1 aliphatic rings. The van der Waals surface area contributed by atoms with E-state index >= 15 is 0 Å². The molecule has 96 valence electrons. The second-order valence-corrected chi connectivity index (χ2v) is 4.70. The van der Waals surface area contributed by atoms with E-state index in [9.17, 15) is 9.18 Å². The highest BCUT2D eigenvalue weighted by molar-refractivity contribution is 5.91. The first-order chi connectivity index (χ1) is 8.75. The Kier molecular flexibility index (Phi) is 4.51. The van der Waals surface area contributed by atoms with Crippen LogP contribution in [-0.4, -0.2) is 11.9 Å². The summed E-state index contributed by atoms with van der Waals surface area (Å²) in [6.07, 6.45) is 8.67. The standard InChI is InChI=1S/C15H18FNO/c16-14-9-5-4-6-12(14)10-11-15(18)17-13-7-2-1-3-8-13/h4-6,9-11,13H,1-3,7-8H2,(H,17,18). The summed E-state index contributed by atoms with van der Waals surface area (Å²) in [6.45, 7) is 0. The Morgan fingerprint density at radius 2 is 1.94 bits per heavy atom. The molecule has 0 heterocycles. The van der Waals surface area contributed by atoms with Gasteiger partial charge in [0.1, 0.15) is 5.82 Å². The number of halogens is 1. The van der Waals surface area contributed by atoms with Crippen molar-refractivity contribution in [3.63, 3.8) is 0 Å². The predicted molar refractivity (Wildman–Crippen MR) is 70.4 cm³/mol. The molecule has 3 heteroatoms. The number of carbonyl (C=O) groups excluding carboxylic acids is 1. The Balaban J connectivity index is 1.88. The SMILES string of the molecule is O=C(C=Cc1ccccc1F)NC1CCCCC1. The third kappa shape index (κ3) is 3.69. The summed E-state index contributed by atoms with van der Waals surface area (Å²) in [5, 5.41) is 2.96. The zero-order valence-electron chi connectivity index (χ0n) is 10.4. The van der Waals surface area contributed by atoms with Crippen LogP contribution in [0.25, 0.3) is 6.08 Å². The van der Waals surface area contributed by atoms with Crippen LogP contribution in [0.4, 0.5) is 4.39 Å². The maximum absolute atomic E-state index is 13.3. The van der Waals surface area contributed by atoms with Gasteiger partial charge in [-0.2, -0.15) is 0 Å². The summed E-state index contributed by atoms with van der Waals surface area (Å²) in [6, 6.07) is 6.71. The molecule has 1 aromatic rings. The lowest BCUT2D eigenvalue weighted by Crippen LogP contribution is -2.34. The maximum Gasteiger partial charge on any atom is 0.244 e. The molecule has 0 spiro atoms. The van der Waals surface area contributed by atoms with Gasteiger partial charge in [-0.1, -0.05) is 37.5 Å². The molecule has 18 heavy (non-hydrogen) atoms. The van der Waals surface area contributed by atoms with E-state index in [-0.39, 0.29) is 17.8 Å². The highest BCUT2D eigenvalue weighted by Gasteiger charge is 2.14. The lowest BCUT2D eigenvalue weighted by molar-refractivity contribution is -0.117. The van der Waals surface area contributed by atoms with Crippen molar-refractivity contribution < 1.29 is 9.18 Å². The van der Waals surface area contributed by atoms with Crippen molar-refractivity contribution in [2.75, 3.05) is 0 Å². The smallest absolute Gasteiger partial charge is 0.244 e. The topological polar surface area (TPSA) is 29.1 Å². The first kappa shape index (κ1) is 12.8. The second kappa shape index (κ2) is 6.34. The van der Waals surface area contributed by atoms with Crippen LogP contribution >= 0.6 is 0 Å². The molecule has 1 aromatic carbocycles. The third-order valence-electron chi connectivity index (χ3n) is 3.27. The van der Waals surface area contributed by atoms with E-state index in [1.165, 1.54) is 37.5 Å². The van der Waals surface area contributed by atoms with Crippen LogP contribution in [0.15, 0.2) is 30.3 Å². The largest absolute Gasteiger partial charge is 0.350 e. The minimum absolute atomic E-state index is 0.134. The van der Waals surface area contributed by atoms with Gasteiger partial charge in [-0.15, -0.1) is 0 Å². The first-order valence-corrected chi connectivity index (χ1v) is 6.49. The molecule has 0 unspecified atom stereocenters. The summed E-state index contributed by atoms with van der Waals surface area (Å²) in [7, 11) is 0. The van der Waals surface area contributed by atoms with E-state index in [1.807, 2.05) is 0 Å². The molecular formula is C15H18FNO. The minimum atomic E-state index is -0.306. The number of amides is 1. The van der Waals surface area contributed by atoms with Crippen molar-refractivity contribution in [2.24, 2.45) is 0 Å². The van der Waals surface area contributed by atoms with Crippen molar-refractivity contribution in [2.45, 2.75) is 38.1 Å². The van der Waals surface area contributed by atoms with Gasteiger partial charge in [0.2, 0.25) is 5.91 Å². The van der Waals surface area contributed by atoms with Gasteiger partial charge in [-0.05, 0) is 25.0 Å². The maximum atomic E-state index is 13.3. The fourth-order valence-electron chi connectivity index (χ4n) is 2.27. The third-order valence-corrected chi connectivity index (χ3v) is 3.27. The number of carbonyl (C=O) groups is 1. The number of hydrogen-bond acceptors (Lipinski definition) is 1. The summed E-state index contributed by atoms with van der Waals surface area (Å²) in [4.78, 5) is 11.7.